The summed E-state index contributed by atoms with van der Waals surface area (Å²) in [4.78, 5) is 23.8. The number of amides is 2. The number of hydrogen-bond acceptors (Lipinski definition) is 5. The summed E-state index contributed by atoms with van der Waals surface area (Å²) in [6, 6.07) is 15.2. The molecule has 0 aliphatic carbocycles. The highest BCUT2D eigenvalue weighted by Crippen LogP contribution is 2.25. The number of piperidine rings is 1. The van der Waals surface area contributed by atoms with E-state index in [4.69, 9.17) is 4.74 Å². The van der Waals surface area contributed by atoms with Crippen LogP contribution in [-0.2, 0) is 26.2 Å². The first-order chi connectivity index (χ1) is 15.3. The van der Waals surface area contributed by atoms with E-state index in [0.717, 1.165) is 5.56 Å². The van der Waals surface area contributed by atoms with Crippen molar-refractivity contribution in [3.63, 3.8) is 0 Å². The SMILES string of the molecule is C=CC(=O)NC1CCN(S(=O)(=O)c2cccc(NC(=O)OCc3ccccc3)c2)CC1C. The third-order valence-corrected chi connectivity index (χ3v) is 7.17. The average Bonchev–Trinajstić information content (AvgIpc) is 2.79. The molecule has 1 heterocycles. The number of rotatable bonds is 7. The number of ether oxygens (including phenoxy) is 1. The van der Waals surface area contributed by atoms with Crippen LogP contribution in [-0.4, -0.2) is 43.9 Å². The molecule has 0 spiro atoms. The highest BCUT2D eigenvalue weighted by molar-refractivity contribution is 7.89. The van der Waals surface area contributed by atoms with Crippen LogP contribution in [0.25, 0.3) is 0 Å². The molecule has 2 atom stereocenters. The number of nitrogens with zero attached hydrogens (tertiary/aromatic N) is 1. The van der Waals surface area contributed by atoms with Gasteiger partial charge in [0.1, 0.15) is 6.61 Å². The Balaban J connectivity index is 1.62. The molecule has 2 aromatic carbocycles. The number of benzene rings is 2. The molecule has 2 amide bonds. The Morgan fingerprint density at radius 3 is 2.62 bits per heavy atom. The average molecular weight is 458 g/mol. The maximum Gasteiger partial charge on any atom is 0.411 e. The molecular weight excluding hydrogens is 430 g/mol. The number of nitrogens with one attached hydrogen (secondary N) is 2. The lowest BCUT2D eigenvalue weighted by Gasteiger charge is -2.36. The molecule has 32 heavy (non-hydrogen) atoms. The second-order valence-electron chi connectivity index (χ2n) is 7.66. The molecule has 1 aliphatic heterocycles. The smallest absolute Gasteiger partial charge is 0.411 e. The van der Waals surface area contributed by atoms with Gasteiger partial charge in [-0.1, -0.05) is 49.9 Å². The van der Waals surface area contributed by atoms with Crippen LogP contribution in [0.3, 0.4) is 0 Å². The summed E-state index contributed by atoms with van der Waals surface area (Å²) in [5.41, 5.74) is 1.17. The van der Waals surface area contributed by atoms with Gasteiger partial charge in [-0.05, 0) is 42.2 Å². The Labute approximate surface area is 188 Å². The van der Waals surface area contributed by atoms with E-state index in [0.29, 0.717) is 12.1 Å². The summed E-state index contributed by atoms with van der Waals surface area (Å²) < 4.78 is 32.9. The van der Waals surface area contributed by atoms with Crippen LogP contribution in [0.4, 0.5) is 10.5 Å². The summed E-state index contributed by atoms with van der Waals surface area (Å²) in [6.45, 7) is 6.02. The minimum atomic E-state index is -3.76. The summed E-state index contributed by atoms with van der Waals surface area (Å²) >= 11 is 0. The van der Waals surface area contributed by atoms with E-state index in [-0.39, 0.29) is 42.5 Å². The normalized spacial score (nSPS) is 19.0. The van der Waals surface area contributed by atoms with E-state index in [2.05, 4.69) is 17.2 Å². The van der Waals surface area contributed by atoms with Gasteiger partial charge in [-0.25, -0.2) is 13.2 Å². The van der Waals surface area contributed by atoms with Gasteiger partial charge in [0.2, 0.25) is 15.9 Å². The molecule has 1 fully saturated rings. The zero-order valence-corrected chi connectivity index (χ0v) is 18.7. The van der Waals surface area contributed by atoms with Crippen LogP contribution in [0, 0.1) is 5.92 Å². The Morgan fingerprint density at radius 1 is 1.19 bits per heavy atom. The molecule has 170 valence electrons. The first-order valence-corrected chi connectivity index (χ1v) is 11.7. The van der Waals surface area contributed by atoms with Crippen molar-refractivity contribution in [2.75, 3.05) is 18.4 Å². The molecule has 2 aromatic rings. The van der Waals surface area contributed by atoms with E-state index in [9.17, 15) is 18.0 Å². The first-order valence-electron chi connectivity index (χ1n) is 10.3. The van der Waals surface area contributed by atoms with E-state index < -0.39 is 16.1 Å². The summed E-state index contributed by atoms with van der Waals surface area (Å²) in [5, 5.41) is 5.42. The van der Waals surface area contributed by atoms with Gasteiger partial charge in [0.15, 0.2) is 0 Å². The lowest BCUT2D eigenvalue weighted by atomic mass is 9.95. The standard InChI is InChI=1S/C23H27N3O5S/c1-3-22(27)25-21-12-13-26(15-17(21)2)32(29,30)20-11-7-10-19(14-20)24-23(28)31-16-18-8-5-4-6-9-18/h3-11,14,17,21H,1,12-13,15-16H2,2H3,(H,24,28)(H,25,27). The topological polar surface area (TPSA) is 105 Å². The summed E-state index contributed by atoms with van der Waals surface area (Å²) in [5.74, 6) is -0.326. The Morgan fingerprint density at radius 2 is 1.94 bits per heavy atom. The zero-order valence-electron chi connectivity index (χ0n) is 17.9. The van der Waals surface area contributed by atoms with E-state index in [1.165, 1.54) is 22.5 Å². The van der Waals surface area contributed by atoms with Crippen LogP contribution in [0.5, 0.6) is 0 Å². The third-order valence-electron chi connectivity index (χ3n) is 5.31. The van der Waals surface area contributed by atoms with Crippen molar-refractivity contribution in [1.29, 1.82) is 0 Å². The van der Waals surface area contributed by atoms with Crippen molar-refractivity contribution in [3.05, 3.63) is 72.8 Å². The van der Waals surface area contributed by atoms with Gasteiger partial charge in [0.25, 0.3) is 0 Å². The van der Waals surface area contributed by atoms with Crippen LogP contribution < -0.4 is 10.6 Å². The van der Waals surface area contributed by atoms with Crippen LogP contribution in [0.2, 0.25) is 0 Å². The number of carbonyl (C=O) groups excluding carboxylic acids is 2. The van der Waals surface area contributed by atoms with Gasteiger partial charge in [-0.3, -0.25) is 10.1 Å². The predicted molar refractivity (Wildman–Crippen MR) is 121 cm³/mol. The van der Waals surface area contributed by atoms with Crippen molar-refractivity contribution >= 4 is 27.7 Å². The number of sulfonamides is 1. The van der Waals surface area contributed by atoms with Crippen LogP contribution >= 0.6 is 0 Å². The summed E-state index contributed by atoms with van der Waals surface area (Å²) in [6.07, 6.45) is 1.04. The highest BCUT2D eigenvalue weighted by atomic mass is 32.2. The summed E-state index contributed by atoms with van der Waals surface area (Å²) in [7, 11) is -3.76. The molecule has 9 heteroatoms. The Bertz CT molecular complexity index is 1070. The minimum Gasteiger partial charge on any atom is -0.444 e. The molecule has 1 aliphatic rings. The molecule has 0 bridgehead atoms. The molecule has 1 saturated heterocycles. The van der Waals surface area contributed by atoms with Crippen LogP contribution in [0.15, 0.2) is 72.1 Å². The molecule has 0 radical (unpaired) electrons. The molecule has 2 unspecified atom stereocenters. The van der Waals surface area contributed by atoms with E-state index in [1.807, 2.05) is 37.3 Å². The minimum absolute atomic E-state index is 0.0586. The molecule has 2 N–H and O–H groups in total. The molecular formula is C23H27N3O5S. The van der Waals surface area contributed by atoms with Gasteiger partial charge in [-0.15, -0.1) is 0 Å². The number of hydrogen-bond donors (Lipinski definition) is 2. The van der Waals surface area contributed by atoms with Gasteiger partial charge >= 0.3 is 6.09 Å². The number of carbonyl (C=O) groups is 2. The lowest BCUT2D eigenvalue weighted by Crippen LogP contribution is -2.51. The van der Waals surface area contributed by atoms with E-state index >= 15 is 0 Å². The fourth-order valence-electron chi connectivity index (χ4n) is 3.54. The van der Waals surface area contributed by atoms with Crippen LogP contribution in [0.1, 0.15) is 18.9 Å². The van der Waals surface area contributed by atoms with Crippen molar-refractivity contribution in [2.45, 2.75) is 30.9 Å². The second kappa shape index (κ2) is 10.4. The quantitative estimate of drug-likeness (QED) is 0.622. The third kappa shape index (κ3) is 5.95. The fourth-order valence-corrected chi connectivity index (χ4v) is 5.14. The molecule has 8 nitrogen and oxygen atoms in total. The van der Waals surface area contributed by atoms with Gasteiger partial charge < -0.3 is 10.1 Å². The molecule has 0 saturated carbocycles. The largest absolute Gasteiger partial charge is 0.444 e. The van der Waals surface area contributed by atoms with Gasteiger partial charge in [0, 0.05) is 24.8 Å². The molecule has 3 rings (SSSR count). The Kier molecular flexibility index (Phi) is 7.66. The predicted octanol–water partition coefficient (Wildman–Crippen LogP) is 3.14. The van der Waals surface area contributed by atoms with Gasteiger partial charge in [0.05, 0.1) is 4.90 Å². The number of anilines is 1. The Hall–Kier alpha value is -3.17. The van der Waals surface area contributed by atoms with Crippen molar-refractivity contribution in [1.82, 2.24) is 9.62 Å². The maximum absolute atomic E-state index is 13.1. The van der Waals surface area contributed by atoms with Gasteiger partial charge in [-0.2, -0.15) is 4.31 Å². The lowest BCUT2D eigenvalue weighted by molar-refractivity contribution is -0.117. The van der Waals surface area contributed by atoms with E-state index in [1.54, 1.807) is 12.1 Å². The first kappa shape index (κ1) is 23.5. The highest BCUT2D eigenvalue weighted by Gasteiger charge is 2.34. The molecule has 0 aromatic heterocycles. The van der Waals surface area contributed by atoms with Crippen molar-refractivity contribution in [2.24, 2.45) is 5.92 Å². The second-order valence-corrected chi connectivity index (χ2v) is 9.60. The fraction of sp³-hybridized carbons (Fsp3) is 0.304. The van der Waals surface area contributed by atoms with Crippen molar-refractivity contribution < 1.29 is 22.7 Å². The maximum atomic E-state index is 13.1. The van der Waals surface area contributed by atoms with Crippen molar-refractivity contribution in [3.8, 4) is 0 Å². The monoisotopic (exact) mass is 457 g/mol. The zero-order chi connectivity index (χ0) is 23.1.